The number of nitro groups is 2. The van der Waals surface area contributed by atoms with E-state index in [1.807, 2.05) is 24.3 Å². The van der Waals surface area contributed by atoms with Gasteiger partial charge in [0.1, 0.15) is 0 Å². The molecule has 0 bridgehead atoms. The molecule has 196 valence electrons. The van der Waals surface area contributed by atoms with Crippen LogP contribution in [0.5, 0.6) is 17.2 Å². The lowest BCUT2D eigenvalue weighted by atomic mass is 10.1. The molecule has 0 aromatic heterocycles. The van der Waals surface area contributed by atoms with Gasteiger partial charge in [-0.2, -0.15) is 0 Å². The minimum Gasteiger partial charge on any atom is -0.493 e. The number of carbonyl (C=O) groups excluding carboxylic acids is 1. The third-order valence-electron chi connectivity index (χ3n) is 5.50. The minimum atomic E-state index is -0.764. The second-order valence-electron chi connectivity index (χ2n) is 7.98. The third kappa shape index (κ3) is 6.06. The molecule has 38 heavy (non-hydrogen) atoms. The van der Waals surface area contributed by atoms with E-state index in [2.05, 4.69) is 33.5 Å². The highest BCUT2D eigenvalue weighted by Crippen LogP contribution is 2.43. The number of hydrogen-bond acceptors (Lipinski definition) is 9. The number of aryl methyl sites for hydroxylation is 1. The topological polar surface area (TPSA) is 146 Å². The first-order chi connectivity index (χ1) is 18.2. The molecule has 11 nitrogen and oxygen atoms in total. The molecule has 13 heteroatoms. The van der Waals surface area contributed by atoms with Crippen molar-refractivity contribution in [2.45, 2.75) is 18.8 Å². The Kier molecular flexibility index (Phi) is 8.17. The third-order valence-corrected chi connectivity index (χ3v) is 7.12. The minimum absolute atomic E-state index is 0.130. The van der Waals surface area contributed by atoms with Crippen molar-refractivity contribution in [3.05, 3.63) is 95.3 Å². The van der Waals surface area contributed by atoms with Gasteiger partial charge in [-0.3, -0.25) is 25.0 Å². The van der Waals surface area contributed by atoms with Crippen LogP contribution in [0.15, 0.2) is 64.0 Å². The van der Waals surface area contributed by atoms with Crippen LogP contribution in [0.1, 0.15) is 18.1 Å². The average molecular weight is 601 g/mol. The highest BCUT2D eigenvalue weighted by atomic mass is 79.9. The first-order valence-corrected chi connectivity index (χ1v) is 12.9. The average Bonchev–Trinajstić information content (AvgIpc) is 3.23. The van der Waals surface area contributed by atoms with E-state index in [-0.39, 0.29) is 28.7 Å². The van der Waals surface area contributed by atoms with Gasteiger partial charge < -0.3 is 20.1 Å². The Balaban J connectivity index is 1.56. The molecule has 0 unspecified atom stereocenters. The molecule has 1 aliphatic rings. The fraction of sp³-hybridized carbons (Fsp3) is 0.160. The standard InChI is InChI=1S/C25H21BrN4O7S/c1-3-14-4-6-16(7-5-14)27-25-28-24(31)22(38-25)12-15-10-18(26)23(21(11-15)36-2)37-20-9-8-17(29(32)33)13-19(20)30(34)35/h4-13,25,27H,3H2,1-2H3,(H,28,31)/b22-12-/t25-/m0/s1. The predicted molar refractivity (Wildman–Crippen MR) is 147 cm³/mol. The normalized spacial score (nSPS) is 15.7. The number of nitro benzene ring substituents is 2. The number of thioether (sulfide) groups is 1. The summed E-state index contributed by atoms with van der Waals surface area (Å²) in [6, 6.07) is 14.3. The van der Waals surface area contributed by atoms with Gasteiger partial charge in [0.05, 0.1) is 32.4 Å². The van der Waals surface area contributed by atoms with Crippen LogP contribution in [0.4, 0.5) is 17.1 Å². The fourth-order valence-corrected chi connectivity index (χ4v) is 5.11. The summed E-state index contributed by atoms with van der Waals surface area (Å²) in [6.07, 6.45) is 2.63. The van der Waals surface area contributed by atoms with Crippen molar-refractivity contribution in [2.24, 2.45) is 0 Å². The monoisotopic (exact) mass is 600 g/mol. The Hall–Kier alpha value is -4.10. The van der Waals surface area contributed by atoms with Crippen LogP contribution >= 0.6 is 27.7 Å². The van der Waals surface area contributed by atoms with Crippen LogP contribution in [0.2, 0.25) is 0 Å². The zero-order valence-electron chi connectivity index (χ0n) is 20.1. The van der Waals surface area contributed by atoms with Crippen molar-refractivity contribution in [1.82, 2.24) is 5.32 Å². The summed E-state index contributed by atoms with van der Waals surface area (Å²) in [5, 5.41) is 28.7. The lowest BCUT2D eigenvalue weighted by molar-refractivity contribution is -0.394. The van der Waals surface area contributed by atoms with Crippen LogP contribution in [-0.2, 0) is 11.2 Å². The SMILES string of the molecule is CCc1ccc(N[C@H]2NC(=O)/C(=C/c3cc(Br)c(Oc4ccc([N+](=O)[O-])cc4[N+](=O)[O-])c(OC)c3)S2)cc1. The summed E-state index contributed by atoms with van der Waals surface area (Å²) in [5.74, 6) is -0.0786. The second kappa shape index (κ2) is 11.5. The van der Waals surface area contributed by atoms with Crippen LogP contribution in [0.3, 0.4) is 0 Å². The van der Waals surface area contributed by atoms with Gasteiger partial charge in [-0.1, -0.05) is 30.8 Å². The van der Waals surface area contributed by atoms with Crippen LogP contribution in [0, 0.1) is 20.2 Å². The number of carbonyl (C=O) groups is 1. The summed E-state index contributed by atoms with van der Waals surface area (Å²) >= 11 is 4.72. The molecule has 1 saturated heterocycles. The van der Waals surface area contributed by atoms with Gasteiger partial charge in [-0.15, -0.1) is 0 Å². The maximum Gasteiger partial charge on any atom is 0.318 e. The van der Waals surface area contributed by atoms with Gasteiger partial charge in [0.2, 0.25) is 5.75 Å². The number of nitrogens with zero attached hydrogens (tertiary/aromatic N) is 2. The zero-order chi connectivity index (χ0) is 27.4. The van der Waals surface area contributed by atoms with E-state index in [0.717, 1.165) is 30.3 Å². The van der Waals surface area contributed by atoms with Crippen molar-refractivity contribution in [3.8, 4) is 17.2 Å². The van der Waals surface area contributed by atoms with Crippen molar-refractivity contribution in [3.63, 3.8) is 0 Å². The number of anilines is 1. The Morgan fingerprint density at radius 2 is 1.82 bits per heavy atom. The van der Waals surface area contributed by atoms with Gasteiger partial charge in [-0.25, -0.2) is 0 Å². The maximum atomic E-state index is 12.6. The molecule has 1 atom stereocenters. The quantitative estimate of drug-likeness (QED) is 0.166. The van der Waals surface area contributed by atoms with E-state index in [4.69, 9.17) is 9.47 Å². The van der Waals surface area contributed by atoms with Crippen molar-refractivity contribution in [1.29, 1.82) is 0 Å². The molecule has 3 aromatic rings. The number of halogens is 1. The number of amides is 1. The maximum absolute atomic E-state index is 12.6. The Morgan fingerprint density at radius 1 is 1.08 bits per heavy atom. The number of nitrogens with one attached hydrogen (secondary N) is 2. The first kappa shape index (κ1) is 26.9. The van der Waals surface area contributed by atoms with E-state index >= 15 is 0 Å². The highest BCUT2D eigenvalue weighted by molar-refractivity contribution is 9.10. The molecule has 0 aliphatic carbocycles. The predicted octanol–water partition coefficient (Wildman–Crippen LogP) is 6.23. The number of hydrogen-bond donors (Lipinski definition) is 2. The Bertz CT molecular complexity index is 1450. The van der Waals surface area contributed by atoms with E-state index in [9.17, 15) is 25.0 Å². The molecular formula is C25H21BrN4O7S. The molecule has 0 radical (unpaired) electrons. The first-order valence-electron chi connectivity index (χ1n) is 11.2. The number of methoxy groups -OCH3 is 1. The molecule has 0 saturated carbocycles. The number of non-ortho nitro benzene ring substituents is 1. The summed E-state index contributed by atoms with van der Waals surface area (Å²) in [4.78, 5) is 34.1. The molecule has 4 rings (SSSR count). The summed E-state index contributed by atoms with van der Waals surface area (Å²) in [6.45, 7) is 2.08. The number of ether oxygens (including phenoxy) is 2. The van der Waals surface area contributed by atoms with Crippen LogP contribution < -0.4 is 20.1 Å². The van der Waals surface area contributed by atoms with Gasteiger partial charge in [0, 0.05) is 11.8 Å². The van der Waals surface area contributed by atoms with Gasteiger partial charge in [-0.05, 0) is 69.9 Å². The summed E-state index contributed by atoms with van der Waals surface area (Å²) < 4.78 is 11.6. The lowest BCUT2D eigenvalue weighted by Gasteiger charge is -2.14. The van der Waals surface area contributed by atoms with E-state index in [1.54, 1.807) is 18.2 Å². The van der Waals surface area contributed by atoms with Crippen LogP contribution in [-0.4, -0.2) is 28.4 Å². The fourth-order valence-electron chi connectivity index (χ4n) is 3.59. The van der Waals surface area contributed by atoms with E-state index < -0.39 is 21.2 Å². The second-order valence-corrected chi connectivity index (χ2v) is 9.98. The smallest absolute Gasteiger partial charge is 0.318 e. The van der Waals surface area contributed by atoms with Crippen molar-refractivity contribution >= 4 is 56.7 Å². The summed E-state index contributed by atoms with van der Waals surface area (Å²) in [5.41, 5.74) is 1.36. The zero-order valence-corrected chi connectivity index (χ0v) is 22.5. The number of benzene rings is 3. The molecule has 1 fully saturated rings. The van der Waals surface area contributed by atoms with Crippen LogP contribution in [0.25, 0.3) is 6.08 Å². The Morgan fingerprint density at radius 3 is 2.45 bits per heavy atom. The molecule has 1 aliphatic heterocycles. The molecule has 0 spiro atoms. The van der Waals surface area contributed by atoms with Crippen molar-refractivity contribution < 1.29 is 24.1 Å². The van der Waals surface area contributed by atoms with E-state index in [0.29, 0.717) is 14.9 Å². The van der Waals surface area contributed by atoms with E-state index in [1.165, 1.54) is 24.4 Å². The van der Waals surface area contributed by atoms with Crippen molar-refractivity contribution in [2.75, 3.05) is 12.4 Å². The molecule has 1 heterocycles. The van der Waals surface area contributed by atoms with Gasteiger partial charge in [0.15, 0.2) is 17.0 Å². The molecule has 2 N–H and O–H groups in total. The number of rotatable bonds is 9. The highest BCUT2D eigenvalue weighted by Gasteiger charge is 2.28. The largest absolute Gasteiger partial charge is 0.493 e. The molecular weight excluding hydrogens is 580 g/mol. The van der Waals surface area contributed by atoms with Gasteiger partial charge >= 0.3 is 5.69 Å². The lowest BCUT2D eigenvalue weighted by Crippen LogP contribution is -2.30. The summed E-state index contributed by atoms with van der Waals surface area (Å²) in [7, 11) is 1.40. The Labute approximate surface area is 229 Å². The van der Waals surface area contributed by atoms with Gasteiger partial charge in [0.25, 0.3) is 11.6 Å². The molecule has 1 amide bonds. The molecule has 3 aromatic carbocycles.